The number of aromatic nitrogens is 1. The second kappa shape index (κ2) is 5.30. The molecule has 0 radical (unpaired) electrons. The molecule has 2 rings (SSSR count). The van der Waals surface area contributed by atoms with Crippen LogP contribution >= 0.6 is 0 Å². The molecule has 0 spiro atoms. The van der Waals surface area contributed by atoms with Crippen LogP contribution in [0.4, 0.5) is 11.5 Å². The third-order valence-corrected chi connectivity index (χ3v) is 3.34. The van der Waals surface area contributed by atoms with Crippen LogP contribution in [0.15, 0.2) is 12.3 Å². The van der Waals surface area contributed by atoms with E-state index in [1.54, 1.807) is 13.0 Å². The van der Waals surface area contributed by atoms with Crippen molar-refractivity contribution in [3.05, 3.63) is 27.9 Å². The fourth-order valence-electron chi connectivity index (χ4n) is 2.29. The van der Waals surface area contributed by atoms with E-state index in [4.69, 9.17) is 0 Å². The van der Waals surface area contributed by atoms with Crippen LogP contribution in [-0.4, -0.2) is 27.2 Å². The highest BCUT2D eigenvalue weighted by atomic mass is 16.6. The summed E-state index contributed by atoms with van der Waals surface area (Å²) in [6, 6.07) is 1.64. The van der Waals surface area contributed by atoms with Crippen molar-refractivity contribution in [2.24, 2.45) is 0 Å². The monoisotopic (exact) mass is 251 g/mol. The lowest BCUT2D eigenvalue weighted by molar-refractivity contribution is -0.385. The summed E-state index contributed by atoms with van der Waals surface area (Å²) < 4.78 is 0. The van der Waals surface area contributed by atoms with Crippen LogP contribution in [0, 0.1) is 17.0 Å². The van der Waals surface area contributed by atoms with Crippen molar-refractivity contribution in [3.8, 4) is 0 Å². The lowest BCUT2D eigenvalue weighted by atomic mass is 9.92. The second-order valence-corrected chi connectivity index (χ2v) is 4.72. The first-order chi connectivity index (χ1) is 8.58. The van der Waals surface area contributed by atoms with Gasteiger partial charge in [0.2, 0.25) is 0 Å². The average Bonchev–Trinajstić information content (AvgIpc) is 2.32. The largest absolute Gasteiger partial charge is 0.391 e. The molecule has 1 aliphatic rings. The van der Waals surface area contributed by atoms with E-state index < -0.39 is 4.92 Å². The molecule has 0 amide bonds. The predicted molar refractivity (Wildman–Crippen MR) is 67.5 cm³/mol. The summed E-state index contributed by atoms with van der Waals surface area (Å²) in [4.78, 5) is 14.3. The topological polar surface area (TPSA) is 88.3 Å². The third kappa shape index (κ3) is 2.76. The van der Waals surface area contributed by atoms with Gasteiger partial charge >= 0.3 is 0 Å². The van der Waals surface area contributed by atoms with E-state index in [1.165, 1.54) is 6.20 Å². The first-order valence-electron chi connectivity index (χ1n) is 6.13. The zero-order valence-electron chi connectivity index (χ0n) is 10.3. The molecule has 98 valence electrons. The smallest absolute Gasteiger partial charge is 0.290 e. The fraction of sp³-hybridized carbons (Fsp3) is 0.583. The van der Waals surface area contributed by atoms with Crippen molar-refractivity contribution in [2.75, 3.05) is 5.32 Å². The molecule has 1 fully saturated rings. The zero-order chi connectivity index (χ0) is 13.1. The van der Waals surface area contributed by atoms with Crippen LogP contribution in [0.5, 0.6) is 0 Å². The summed E-state index contributed by atoms with van der Waals surface area (Å²) in [6.07, 6.45) is 4.72. The lowest BCUT2D eigenvalue weighted by Gasteiger charge is -2.28. The van der Waals surface area contributed by atoms with E-state index in [9.17, 15) is 15.2 Å². The first-order valence-corrected chi connectivity index (χ1v) is 6.13. The van der Waals surface area contributed by atoms with Gasteiger partial charge in [-0.15, -0.1) is 0 Å². The van der Waals surface area contributed by atoms with Crippen LogP contribution in [0.3, 0.4) is 0 Å². The van der Waals surface area contributed by atoms with Crippen molar-refractivity contribution in [1.82, 2.24) is 4.98 Å². The Hall–Kier alpha value is -1.69. The van der Waals surface area contributed by atoms with Gasteiger partial charge in [-0.05, 0) is 25.8 Å². The molecule has 2 atom stereocenters. The standard InChI is InChI=1S/C12H17N3O3/c1-8-6-12(13-7-10(8)15(17)18)14-9-4-2-3-5-11(9)16/h6-7,9,11,16H,2-5H2,1H3,(H,13,14). The number of hydrogen-bond donors (Lipinski definition) is 2. The number of aliphatic hydroxyl groups excluding tert-OH is 1. The maximum atomic E-state index is 10.7. The quantitative estimate of drug-likeness (QED) is 0.633. The molecule has 6 nitrogen and oxygen atoms in total. The number of hydrogen-bond acceptors (Lipinski definition) is 5. The number of aryl methyl sites for hydroxylation is 1. The number of rotatable bonds is 3. The van der Waals surface area contributed by atoms with Crippen molar-refractivity contribution < 1.29 is 10.0 Å². The maximum absolute atomic E-state index is 10.7. The molecule has 1 aromatic rings. The van der Waals surface area contributed by atoms with Gasteiger partial charge in [-0.1, -0.05) is 12.8 Å². The van der Waals surface area contributed by atoms with Gasteiger partial charge in [0.05, 0.1) is 17.1 Å². The molecule has 1 aromatic heterocycles. The molecule has 2 unspecified atom stereocenters. The zero-order valence-corrected chi connectivity index (χ0v) is 10.3. The van der Waals surface area contributed by atoms with E-state index in [0.717, 1.165) is 25.7 Å². The van der Waals surface area contributed by atoms with Crippen LogP contribution in [-0.2, 0) is 0 Å². The summed E-state index contributed by atoms with van der Waals surface area (Å²) in [6.45, 7) is 1.68. The summed E-state index contributed by atoms with van der Waals surface area (Å²) in [5.74, 6) is 0.587. The highest BCUT2D eigenvalue weighted by Gasteiger charge is 2.23. The minimum atomic E-state index is -0.443. The van der Waals surface area contributed by atoms with Gasteiger partial charge in [0.25, 0.3) is 5.69 Å². The Bertz CT molecular complexity index is 450. The predicted octanol–water partition coefficient (Wildman–Crippen LogP) is 2.01. The Kier molecular flexibility index (Phi) is 3.76. The Balaban J connectivity index is 2.10. The van der Waals surface area contributed by atoms with E-state index in [2.05, 4.69) is 10.3 Å². The molecular weight excluding hydrogens is 234 g/mol. The minimum absolute atomic E-state index is 0.00731. The minimum Gasteiger partial charge on any atom is -0.391 e. The highest BCUT2D eigenvalue weighted by Crippen LogP contribution is 2.24. The molecule has 1 heterocycles. The molecule has 2 N–H and O–H groups in total. The lowest BCUT2D eigenvalue weighted by Crippen LogP contribution is -2.36. The molecule has 0 bridgehead atoms. The van der Waals surface area contributed by atoms with Gasteiger partial charge < -0.3 is 10.4 Å². The van der Waals surface area contributed by atoms with Crippen LogP contribution in [0.1, 0.15) is 31.2 Å². The Morgan fingerprint density at radius 2 is 2.22 bits per heavy atom. The molecule has 0 aliphatic heterocycles. The molecule has 1 saturated carbocycles. The molecule has 1 aliphatic carbocycles. The van der Waals surface area contributed by atoms with E-state index in [0.29, 0.717) is 11.4 Å². The van der Waals surface area contributed by atoms with Crippen molar-refractivity contribution in [1.29, 1.82) is 0 Å². The maximum Gasteiger partial charge on any atom is 0.290 e. The SMILES string of the molecule is Cc1cc(NC2CCCCC2O)ncc1[N+](=O)[O-]. The number of nitrogens with one attached hydrogen (secondary N) is 1. The van der Waals surface area contributed by atoms with Gasteiger partial charge in [0.1, 0.15) is 12.0 Å². The molecule has 18 heavy (non-hydrogen) atoms. The number of nitrogens with zero attached hydrogens (tertiary/aromatic N) is 2. The van der Waals surface area contributed by atoms with Crippen molar-refractivity contribution >= 4 is 11.5 Å². The van der Waals surface area contributed by atoms with Gasteiger partial charge in [-0.25, -0.2) is 4.98 Å². The number of aliphatic hydroxyl groups is 1. The van der Waals surface area contributed by atoms with Crippen LogP contribution < -0.4 is 5.32 Å². The number of pyridine rings is 1. The van der Waals surface area contributed by atoms with Crippen LogP contribution in [0.25, 0.3) is 0 Å². The van der Waals surface area contributed by atoms with Crippen LogP contribution in [0.2, 0.25) is 0 Å². The molecule has 6 heteroatoms. The third-order valence-electron chi connectivity index (χ3n) is 3.34. The van der Waals surface area contributed by atoms with Crippen molar-refractivity contribution in [3.63, 3.8) is 0 Å². The summed E-state index contributed by atoms with van der Waals surface area (Å²) in [5.41, 5.74) is 0.590. The van der Waals surface area contributed by atoms with Crippen molar-refractivity contribution in [2.45, 2.75) is 44.8 Å². The van der Waals surface area contributed by atoms with E-state index in [-0.39, 0.29) is 17.8 Å². The average molecular weight is 251 g/mol. The summed E-state index contributed by atoms with van der Waals surface area (Å²) in [7, 11) is 0. The summed E-state index contributed by atoms with van der Waals surface area (Å²) >= 11 is 0. The van der Waals surface area contributed by atoms with Gasteiger partial charge in [0, 0.05) is 5.56 Å². The van der Waals surface area contributed by atoms with Gasteiger partial charge in [-0.3, -0.25) is 10.1 Å². The highest BCUT2D eigenvalue weighted by molar-refractivity contribution is 5.47. The Labute approximate surface area is 105 Å². The number of nitro groups is 1. The van der Waals surface area contributed by atoms with E-state index in [1.807, 2.05) is 0 Å². The normalized spacial score (nSPS) is 23.7. The van der Waals surface area contributed by atoms with Gasteiger partial charge in [-0.2, -0.15) is 0 Å². The second-order valence-electron chi connectivity index (χ2n) is 4.72. The molecule has 0 saturated heterocycles. The molecule has 0 aromatic carbocycles. The fourth-order valence-corrected chi connectivity index (χ4v) is 2.29. The van der Waals surface area contributed by atoms with Gasteiger partial charge in [0.15, 0.2) is 0 Å². The summed E-state index contributed by atoms with van der Waals surface area (Å²) in [5, 5.41) is 23.7. The first kappa shape index (κ1) is 12.8. The Morgan fingerprint density at radius 3 is 2.83 bits per heavy atom. The number of anilines is 1. The Morgan fingerprint density at radius 1 is 1.50 bits per heavy atom. The molecular formula is C12H17N3O3. The van der Waals surface area contributed by atoms with E-state index >= 15 is 0 Å².